The van der Waals surface area contributed by atoms with Crippen molar-refractivity contribution in [3.05, 3.63) is 77.9 Å². The molecule has 0 saturated carbocycles. The Labute approximate surface area is 246 Å². The molecule has 0 saturated heterocycles. The number of carbonyl (C=O) groups is 1. The molecule has 0 bridgehead atoms. The van der Waals surface area contributed by atoms with E-state index in [9.17, 15) is 13.2 Å². The van der Waals surface area contributed by atoms with Gasteiger partial charge in [0.05, 0.1) is 21.9 Å². The second kappa shape index (κ2) is 12.6. The van der Waals surface area contributed by atoms with Crippen LogP contribution in [0.25, 0.3) is 10.2 Å². The summed E-state index contributed by atoms with van der Waals surface area (Å²) in [5.41, 5.74) is 2.90. The number of aryl methyl sites for hydroxylation is 1. The second-order valence-corrected chi connectivity index (χ2v) is 12.7. The lowest BCUT2D eigenvalue weighted by atomic mass is 10.0. The van der Waals surface area contributed by atoms with Crippen molar-refractivity contribution in [1.82, 2.24) is 9.88 Å². The minimum Gasteiger partial charge on any atom is -0.492 e. The minimum atomic E-state index is -3.77. The molecule has 4 aromatic rings. The number of nitrogens with zero attached hydrogens (tertiary/aromatic N) is 4. The quantitative estimate of drug-likeness (QED) is 0.218. The number of sulfonamides is 1. The third-order valence-corrected chi connectivity index (χ3v) is 10.3. The molecule has 1 aliphatic rings. The topological polar surface area (TPSA) is 83.0 Å². The number of ether oxygens (including phenoxy) is 1. The maximum atomic E-state index is 13.9. The summed E-state index contributed by atoms with van der Waals surface area (Å²) in [5.74, 6) is 0.471. The zero-order valence-electron chi connectivity index (χ0n) is 23.7. The van der Waals surface area contributed by atoms with Crippen molar-refractivity contribution < 1.29 is 17.9 Å². The van der Waals surface area contributed by atoms with Crippen LogP contribution in [0.1, 0.15) is 43.1 Å². The number of hydrogen-bond acceptors (Lipinski definition) is 7. The van der Waals surface area contributed by atoms with Crippen molar-refractivity contribution in [2.45, 2.75) is 38.5 Å². The fourth-order valence-electron chi connectivity index (χ4n) is 5.17. The monoisotopic (exact) mass is 592 g/mol. The van der Waals surface area contributed by atoms with E-state index in [0.717, 1.165) is 47.4 Å². The molecule has 1 amide bonds. The van der Waals surface area contributed by atoms with Crippen LogP contribution in [0.5, 0.6) is 5.75 Å². The van der Waals surface area contributed by atoms with E-state index in [2.05, 4.69) is 18.7 Å². The first-order valence-electron chi connectivity index (χ1n) is 14.1. The summed E-state index contributed by atoms with van der Waals surface area (Å²) >= 11 is 1.45. The summed E-state index contributed by atoms with van der Waals surface area (Å²) in [7, 11) is -3.77. The molecular weight excluding hydrogens is 556 g/mol. The highest BCUT2D eigenvalue weighted by molar-refractivity contribution is 7.92. The standard InChI is InChI=1S/C31H36N4O4S2/c1-4-33(5-2)21-22-34(31-32-29-27(39-6-3)14-9-15-28(29)40-31)30(36)24-16-18-25(19-17-24)41(37,38)35-20-10-12-23-11-7-8-13-26(23)35/h7-9,11,13-19H,4-6,10,12,20-22H2,1-3H3. The number of carbonyl (C=O) groups excluding carboxylic acids is 1. The van der Waals surface area contributed by atoms with Crippen LogP contribution in [0.2, 0.25) is 0 Å². The van der Waals surface area contributed by atoms with Crippen molar-refractivity contribution in [1.29, 1.82) is 0 Å². The molecule has 10 heteroatoms. The minimum absolute atomic E-state index is 0.168. The second-order valence-electron chi connectivity index (χ2n) is 9.85. The highest BCUT2D eigenvalue weighted by Gasteiger charge is 2.29. The highest BCUT2D eigenvalue weighted by Crippen LogP contribution is 2.35. The number of benzene rings is 3. The summed E-state index contributed by atoms with van der Waals surface area (Å²) in [6.07, 6.45) is 1.62. The summed E-state index contributed by atoms with van der Waals surface area (Å²) < 4.78 is 35.4. The predicted molar refractivity (Wildman–Crippen MR) is 166 cm³/mol. The summed E-state index contributed by atoms with van der Waals surface area (Å²) in [6.45, 7) is 9.97. The van der Waals surface area contributed by atoms with Gasteiger partial charge in [0.25, 0.3) is 15.9 Å². The smallest absolute Gasteiger partial charge is 0.264 e. The first-order chi connectivity index (χ1) is 19.9. The Morgan fingerprint density at radius 2 is 1.73 bits per heavy atom. The molecule has 0 spiro atoms. The van der Waals surface area contributed by atoms with E-state index in [1.54, 1.807) is 17.0 Å². The van der Waals surface area contributed by atoms with Gasteiger partial charge in [-0.3, -0.25) is 14.0 Å². The first-order valence-corrected chi connectivity index (χ1v) is 16.4. The number of anilines is 2. The van der Waals surface area contributed by atoms with Gasteiger partial charge in [-0.25, -0.2) is 13.4 Å². The largest absolute Gasteiger partial charge is 0.492 e. The number of amides is 1. The van der Waals surface area contributed by atoms with Gasteiger partial charge >= 0.3 is 0 Å². The number of hydrogen-bond donors (Lipinski definition) is 0. The average molecular weight is 593 g/mol. The van der Waals surface area contributed by atoms with Crippen molar-refractivity contribution in [2.75, 3.05) is 48.5 Å². The van der Waals surface area contributed by atoms with Crippen LogP contribution in [-0.2, 0) is 16.4 Å². The molecule has 216 valence electrons. The van der Waals surface area contributed by atoms with Crippen LogP contribution in [0.3, 0.4) is 0 Å². The maximum Gasteiger partial charge on any atom is 0.264 e. The molecule has 3 aromatic carbocycles. The third-order valence-electron chi connectivity index (χ3n) is 7.44. The molecule has 0 aliphatic carbocycles. The third kappa shape index (κ3) is 5.95. The molecule has 5 rings (SSSR count). The molecule has 0 unspecified atom stereocenters. The van der Waals surface area contributed by atoms with E-state index < -0.39 is 10.0 Å². The molecule has 1 aromatic heterocycles. The van der Waals surface area contributed by atoms with Crippen molar-refractivity contribution in [2.24, 2.45) is 0 Å². The number of fused-ring (bicyclic) bond motifs is 2. The Bertz CT molecular complexity index is 1610. The summed E-state index contributed by atoms with van der Waals surface area (Å²) in [6, 6.07) is 19.7. The lowest BCUT2D eigenvalue weighted by Crippen LogP contribution is -2.39. The molecule has 41 heavy (non-hydrogen) atoms. The molecular formula is C31H36N4O4S2. The van der Waals surface area contributed by atoms with Crippen LogP contribution in [0.15, 0.2) is 71.6 Å². The van der Waals surface area contributed by atoms with E-state index in [4.69, 9.17) is 9.72 Å². The number of likely N-dealkylation sites (N-methyl/N-ethyl adjacent to an activating group) is 1. The van der Waals surface area contributed by atoms with Crippen LogP contribution >= 0.6 is 11.3 Å². The average Bonchev–Trinajstić information content (AvgIpc) is 3.44. The van der Waals surface area contributed by atoms with Gasteiger partial charge in [0.15, 0.2) is 5.13 Å². The molecule has 0 atom stereocenters. The van der Waals surface area contributed by atoms with E-state index in [1.807, 2.05) is 49.4 Å². The normalized spacial score (nSPS) is 13.4. The molecule has 8 nitrogen and oxygen atoms in total. The van der Waals surface area contributed by atoms with E-state index in [-0.39, 0.29) is 10.8 Å². The molecule has 0 fully saturated rings. The Morgan fingerprint density at radius 1 is 0.976 bits per heavy atom. The highest BCUT2D eigenvalue weighted by atomic mass is 32.2. The Hall–Kier alpha value is -3.47. The number of aromatic nitrogens is 1. The van der Waals surface area contributed by atoms with Gasteiger partial charge in [-0.1, -0.05) is 49.4 Å². The van der Waals surface area contributed by atoms with Gasteiger partial charge in [0.2, 0.25) is 0 Å². The summed E-state index contributed by atoms with van der Waals surface area (Å²) in [4.78, 5) is 22.9. The van der Waals surface area contributed by atoms with Gasteiger partial charge in [0, 0.05) is 25.2 Å². The van der Waals surface area contributed by atoms with Crippen molar-refractivity contribution in [3.63, 3.8) is 0 Å². The zero-order chi connectivity index (χ0) is 29.0. The van der Waals surface area contributed by atoms with Crippen LogP contribution < -0.4 is 13.9 Å². The molecule has 0 N–H and O–H groups in total. The predicted octanol–water partition coefficient (Wildman–Crippen LogP) is 5.83. The maximum absolute atomic E-state index is 13.9. The Kier molecular flexibility index (Phi) is 8.91. The van der Waals surface area contributed by atoms with Gasteiger partial charge < -0.3 is 9.64 Å². The van der Waals surface area contributed by atoms with E-state index in [1.165, 1.54) is 27.8 Å². The van der Waals surface area contributed by atoms with Crippen molar-refractivity contribution in [3.8, 4) is 5.75 Å². The lowest BCUT2D eigenvalue weighted by Gasteiger charge is -2.30. The first kappa shape index (κ1) is 29.0. The fraction of sp³-hybridized carbons (Fsp3) is 0.355. The molecule has 0 radical (unpaired) electrons. The van der Waals surface area contributed by atoms with Gasteiger partial charge in [-0.05, 0) is 80.9 Å². The van der Waals surface area contributed by atoms with Crippen molar-refractivity contribution >= 4 is 48.3 Å². The number of thiazole rings is 1. The molecule has 2 heterocycles. The van der Waals surface area contributed by atoms with E-state index >= 15 is 0 Å². The van der Waals surface area contributed by atoms with Crippen LogP contribution in [-0.4, -0.2) is 63.5 Å². The Balaban J connectivity index is 1.45. The van der Waals surface area contributed by atoms with Crippen LogP contribution in [0.4, 0.5) is 10.8 Å². The molecule has 1 aliphatic heterocycles. The lowest BCUT2D eigenvalue weighted by molar-refractivity contribution is 0.0983. The van der Waals surface area contributed by atoms with Gasteiger partial charge in [0.1, 0.15) is 11.3 Å². The van der Waals surface area contributed by atoms with Gasteiger partial charge in [-0.2, -0.15) is 0 Å². The zero-order valence-corrected chi connectivity index (χ0v) is 25.4. The Morgan fingerprint density at radius 3 is 2.46 bits per heavy atom. The SMILES string of the molecule is CCOc1cccc2sc(N(CCN(CC)CC)C(=O)c3ccc(S(=O)(=O)N4CCCc5ccccc54)cc3)nc12. The summed E-state index contributed by atoms with van der Waals surface area (Å²) in [5, 5.41) is 0.589. The van der Waals surface area contributed by atoms with E-state index in [0.29, 0.717) is 42.7 Å². The number of para-hydroxylation sites is 2. The fourth-order valence-corrected chi connectivity index (χ4v) is 7.71. The van der Waals surface area contributed by atoms with Crippen LogP contribution in [0, 0.1) is 0 Å². The number of rotatable bonds is 11. The van der Waals surface area contributed by atoms with Gasteiger partial charge in [-0.15, -0.1) is 0 Å².